The number of nitrogens with two attached hydrogens (primary N) is 1. The maximum atomic E-state index is 11.1. The van der Waals surface area contributed by atoms with E-state index in [1.165, 1.54) is 19.2 Å². The van der Waals surface area contributed by atoms with Crippen molar-refractivity contribution in [1.82, 2.24) is 9.97 Å². The molecule has 1 heterocycles. The first-order valence-corrected chi connectivity index (χ1v) is 6.26. The van der Waals surface area contributed by atoms with Crippen LogP contribution in [0.15, 0.2) is 6.33 Å². The van der Waals surface area contributed by atoms with Crippen LogP contribution in [0.2, 0.25) is 0 Å². The molecule has 1 aliphatic rings. The van der Waals surface area contributed by atoms with Crippen molar-refractivity contribution in [2.24, 2.45) is 11.3 Å². The molecule has 1 saturated carbocycles. The summed E-state index contributed by atoms with van der Waals surface area (Å²) in [6, 6.07) is 0. The lowest BCUT2D eigenvalue weighted by molar-refractivity contribution is -0.383. The molecule has 2 rings (SSSR count). The first kappa shape index (κ1) is 13.5. The van der Waals surface area contributed by atoms with Crippen molar-refractivity contribution in [3.8, 4) is 0 Å². The van der Waals surface area contributed by atoms with Gasteiger partial charge in [-0.1, -0.05) is 19.8 Å². The van der Waals surface area contributed by atoms with Crippen LogP contribution in [0.5, 0.6) is 0 Å². The molecule has 0 amide bonds. The summed E-state index contributed by atoms with van der Waals surface area (Å²) in [4.78, 5) is 18.2. The van der Waals surface area contributed by atoms with E-state index in [0.29, 0.717) is 6.54 Å². The molecular formula is C11H18N6O2. The quantitative estimate of drug-likeness (QED) is 0.421. The van der Waals surface area contributed by atoms with Gasteiger partial charge in [-0.25, -0.2) is 15.8 Å². The van der Waals surface area contributed by atoms with Crippen LogP contribution in [0, 0.1) is 15.5 Å². The van der Waals surface area contributed by atoms with Crippen LogP contribution in [0.3, 0.4) is 0 Å². The molecule has 104 valence electrons. The Morgan fingerprint density at radius 1 is 1.42 bits per heavy atom. The van der Waals surface area contributed by atoms with E-state index >= 15 is 0 Å². The second-order valence-corrected chi connectivity index (χ2v) is 5.19. The number of rotatable bonds is 5. The number of aromatic nitrogens is 2. The largest absolute Gasteiger partial charge is 0.364 e. The van der Waals surface area contributed by atoms with Crippen molar-refractivity contribution in [3.05, 3.63) is 16.4 Å². The van der Waals surface area contributed by atoms with Crippen molar-refractivity contribution in [2.75, 3.05) is 17.3 Å². The molecule has 0 radical (unpaired) electrons. The maximum Gasteiger partial charge on any atom is 0.354 e. The Morgan fingerprint density at radius 3 is 2.63 bits per heavy atom. The predicted octanol–water partition coefficient (Wildman–Crippen LogP) is 1.66. The molecule has 1 fully saturated rings. The third-order valence-corrected chi connectivity index (χ3v) is 3.63. The van der Waals surface area contributed by atoms with E-state index in [-0.39, 0.29) is 22.7 Å². The zero-order valence-corrected chi connectivity index (χ0v) is 10.8. The second kappa shape index (κ2) is 5.35. The lowest BCUT2D eigenvalue weighted by Crippen LogP contribution is -2.24. The molecule has 8 heteroatoms. The fourth-order valence-corrected chi connectivity index (χ4v) is 2.49. The molecule has 8 nitrogen and oxygen atoms in total. The van der Waals surface area contributed by atoms with Crippen LogP contribution in [0.1, 0.15) is 32.6 Å². The predicted molar refractivity (Wildman–Crippen MR) is 71.6 cm³/mol. The number of nitrogens with one attached hydrogen (secondary N) is 2. The molecule has 0 atom stereocenters. The molecule has 0 saturated heterocycles. The molecule has 0 aliphatic heterocycles. The maximum absolute atomic E-state index is 11.1. The Morgan fingerprint density at radius 2 is 2.05 bits per heavy atom. The van der Waals surface area contributed by atoms with Crippen LogP contribution >= 0.6 is 0 Å². The third kappa shape index (κ3) is 2.90. The lowest BCUT2D eigenvalue weighted by Gasteiger charge is -2.23. The minimum atomic E-state index is -0.533. The van der Waals surface area contributed by atoms with Crippen molar-refractivity contribution in [3.63, 3.8) is 0 Å². The van der Waals surface area contributed by atoms with Crippen molar-refractivity contribution in [1.29, 1.82) is 0 Å². The van der Waals surface area contributed by atoms with Gasteiger partial charge in [0.1, 0.15) is 6.33 Å². The average Bonchev–Trinajstić information content (AvgIpc) is 2.83. The number of hydrogen-bond donors (Lipinski definition) is 3. The van der Waals surface area contributed by atoms with Gasteiger partial charge in [0.2, 0.25) is 11.6 Å². The van der Waals surface area contributed by atoms with E-state index < -0.39 is 4.92 Å². The van der Waals surface area contributed by atoms with Crippen LogP contribution in [0.25, 0.3) is 0 Å². The summed E-state index contributed by atoms with van der Waals surface area (Å²) >= 11 is 0. The number of hydrogen-bond acceptors (Lipinski definition) is 7. The zero-order valence-electron chi connectivity index (χ0n) is 10.8. The van der Waals surface area contributed by atoms with Crippen molar-refractivity contribution < 1.29 is 4.92 Å². The molecule has 0 unspecified atom stereocenters. The monoisotopic (exact) mass is 266 g/mol. The first-order valence-electron chi connectivity index (χ1n) is 6.26. The van der Waals surface area contributed by atoms with Gasteiger partial charge in [0.15, 0.2) is 0 Å². The first-order chi connectivity index (χ1) is 9.06. The summed E-state index contributed by atoms with van der Waals surface area (Å²) in [6.07, 6.45) is 5.92. The van der Waals surface area contributed by atoms with Crippen LogP contribution in [-0.2, 0) is 0 Å². The normalized spacial score (nSPS) is 17.2. The fourth-order valence-electron chi connectivity index (χ4n) is 2.49. The van der Waals surface area contributed by atoms with Crippen LogP contribution in [-0.4, -0.2) is 21.4 Å². The van der Waals surface area contributed by atoms with Crippen molar-refractivity contribution in [2.45, 2.75) is 32.6 Å². The van der Waals surface area contributed by atoms with Gasteiger partial charge >= 0.3 is 5.69 Å². The Bertz CT molecular complexity index is 472. The second-order valence-electron chi connectivity index (χ2n) is 5.19. The van der Waals surface area contributed by atoms with E-state index in [2.05, 4.69) is 27.6 Å². The van der Waals surface area contributed by atoms with Gasteiger partial charge in [0, 0.05) is 6.54 Å². The summed E-state index contributed by atoms with van der Waals surface area (Å²) in [5, 5.41) is 14.1. The standard InChI is InChI=1S/C11H18N6O2/c1-11(4-2-3-5-11)6-13-9-8(17(18)19)10(16-12)15-7-14-9/h7H,2-6,12H2,1H3,(H2,13,14,15,16). The summed E-state index contributed by atoms with van der Waals surface area (Å²) in [5.74, 6) is 5.45. The average molecular weight is 266 g/mol. The minimum Gasteiger partial charge on any atom is -0.364 e. The molecule has 0 bridgehead atoms. The van der Waals surface area contributed by atoms with E-state index in [1.54, 1.807) is 0 Å². The summed E-state index contributed by atoms with van der Waals surface area (Å²) in [7, 11) is 0. The zero-order chi connectivity index (χ0) is 13.9. The Hall–Kier alpha value is -1.96. The van der Waals surface area contributed by atoms with Crippen LogP contribution < -0.4 is 16.6 Å². The number of anilines is 2. The van der Waals surface area contributed by atoms with Gasteiger partial charge in [-0.15, -0.1) is 0 Å². The third-order valence-electron chi connectivity index (χ3n) is 3.63. The minimum absolute atomic E-state index is 0.0130. The highest BCUT2D eigenvalue weighted by molar-refractivity contribution is 5.68. The highest BCUT2D eigenvalue weighted by Crippen LogP contribution is 2.38. The number of nitrogen functional groups attached to an aromatic ring is 1. The van der Waals surface area contributed by atoms with Gasteiger partial charge < -0.3 is 10.7 Å². The molecule has 0 spiro atoms. The number of hydrazine groups is 1. The summed E-state index contributed by atoms with van der Waals surface area (Å²) in [6.45, 7) is 2.84. The van der Waals surface area contributed by atoms with E-state index in [1.807, 2.05) is 0 Å². The molecule has 19 heavy (non-hydrogen) atoms. The summed E-state index contributed by atoms with van der Waals surface area (Å²) < 4.78 is 0. The van der Waals surface area contributed by atoms with Gasteiger partial charge in [-0.05, 0) is 18.3 Å². The van der Waals surface area contributed by atoms with Crippen molar-refractivity contribution >= 4 is 17.3 Å². The smallest absolute Gasteiger partial charge is 0.354 e. The van der Waals surface area contributed by atoms with E-state index in [9.17, 15) is 10.1 Å². The van der Waals surface area contributed by atoms with Gasteiger partial charge in [0.05, 0.1) is 4.92 Å². The Labute approximate surface area is 110 Å². The number of nitro groups is 1. The Balaban J connectivity index is 2.17. The van der Waals surface area contributed by atoms with E-state index in [4.69, 9.17) is 5.84 Å². The highest BCUT2D eigenvalue weighted by atomic mass is 16.6. The topological polar surface area (TPSA) is 119 Å². The van der Waals surface area contributed by atoms with Gasteiger partial charge in [-0.3, -0.25) is 10.1 Å². The Kier molecular flexibility index (Phi) is 3.79. The molecule has 1 aromatic heterocycles. The SMILES string of the molecule is CC1(CNc2ncnc(NN)c2[N+](=O)[O-])CCCC1. The van der Waals surface area contributed by atoms with Gasteiger partial charge in [0.25, 0.3) is 0 Å². The molecular weight excluding hydrogens is 248 g/mol. The molecule has 1 aliphatic carbocycles. The molecule has 0 aromatic carbocycles. The van der Waals surface area contributed by atoms with Gasteiger partial charge in [-0.2, -0.15) is 0 Å². The highest BCUT2D eigenvalue weighted by Gasteiger charge is 2.30. The fraction of sp³-hybridized carbons (Fsp3) is 0.636. The number of nitrogens with zero attached hydrogens (tertiary/aromatic N) is 3. The molecule has 4 N–H and O–H groups in total. The lowest BCUT2D eigenvalue weighted by atomic mass is 9.89. The molecule has 1 aromatic rings. The van der Waals surface area contributed by atoms with E-state index in [0.717, 1.165) is 12.8 Å². The van der Waals surface area contributed by atoms with Crippen LogP contribution in [0.4, 0.5) is 17.3 Å². The summed E-state index contributed by atoms with van der Waals surface area (Å²) in [5.41, 5.74) is 2.18.